The molecule has 0 bridgehead atoms. The minimum atomic E-state index is 0.0854. The van der Waals surface area contributed by atoms with Crippen LogP contribution in [-0.4, -0.2) is 36.5 Å². The Morgan fingerprint density at radius 2 is 1.78 bits per heavy atom. The molecule has 1 aromatic carbocycles. The Labute approximate surface area is 104 Å². The molecule has 2 heterocycles. The van der Waals surface area contributed by atoms with Crippen LogP contribution in [0.3, 0.4) is 0 Å². The fourth-order valence-electron chi connectivity index (χ4n) is 1.99. The van der Waals surface area contributed by atoms with E-state index in [1.54, 1.807) is 0 Å². The highest BCUT2D eigenvalue weighted by Crippen LogP contribution is 2.23. The molecule has 1 saturated heterocycles. The molecule has 0 amide bonds. The molecular formula is C12H14N4O2. The quantitative estimate of drug-likeness (QED) is 0.856. The lowest BCUT2D eigenvalue weighted by atomic mass is 10.2. The lowest BCUT2D eigenvalue weighted by Gasteiger charge is -2.28. The van der Waals surface area contributed by atoms with E-state index in [1.807, 2.05) is 24.3 Å². The van der Waals surface area contributed by atoms with Gasteiger partial charge in [0.05, 0.1) is 13.2 Å². The van der Waals surface area contributed by atoms with Gasteiger partial charge in [-0.2, -0.15) is 0 Å². The van der Waals surface area contributed by atoms with E-state index in [1.165, 1.54) is 5.69 Å². The van der Waals surface area contributed by atoms with Crippen molar-refractivity contribution in [3.8, 4) is 11.5 Å². The average Bonchev–Trinajstić information content (AvgIpc) is 2.87. The molecule has 0 atom stereocenters. The summed E-state index contributed by atoms with van der Waals surface area (Å²) in [6.07, 6.45) is 0. The van der Waals surface area contributed by atoms with Crippen LogP contribution in [0.25, 0.3) is 11.5 Å². The van der Waals surface area contributed by atoms with Crippen LogP contribution in [0.1, 0.15) is 0 Å². The summed E-state index contributed by atoms with van der Waals surface area (Å²) >= 11 is 0. The fourth-order valence-corrected chi connectivity index (χ4v) is 1.99. The van der Waals surface area contributed by atoms with Crippen LogP contribution in [0, 0.1) is 0 Å². The van der Waals surface area contributed by atoms with E-state index in [0.717, 1.165) is 31.9 Å². The topological polar surface area (TPSA) is 77.4 Å². The maximum Gasteiger partial charge on any atom is 0.313 e. The minimum Gasteiger partial charge on any atom is -0.404 e. The van der Waals surface area contributed by atoms with E-state index < -0.39 is 0 Å². The standard InChI is InChI=1S/C12H14N4O2/c13-12-15-14-11(18-12)9-1-3-10(4-2-9)16-5-7-17-8-6-16/h1-4H,5-8H2,(H2,13,15). The number of ether oxygens (including phenoxy) is 1. The van der Waals surface area contributed by atoms with E-state index >= 15 is 0 Å². The lowest BCUT2D eigenvalue weighted by molar-refractivity contribution is 0.122. The minimum absolute atomic E-state index is 0.0854. The van der Waals surface area contributed by atoms with Gasteiger partial charge in [0.15, 0.2) is 0 Å². The number of hydrogen-bond acceptors (Lipinski definition) is 6. The van der Waals surface area contributed by atoms with Gasteiger partial charge in [0, 0.05) is 24.3 Å². The summed E-state index contributed by atoms with van der Waals surface area (Å²) in [6, 6.07) is 8.08. The number of hydrogen-bond donors (Lipinski definition) is 1. The Bertz CT molecular complexity index is 517. The van der Waals surface area contributed by atoms with E-state index in [9.17, 15) is 0 Å². The molecule has 0 unspecified atom stereocenters. The zero-order chi connectivity index (χ0) is 12.4. The number of benzene rings is 1. The third-order valence-corrected chi connectivity index (χ3v) is 2.93. The monoisotopic (exact) mass is 246 g/mol. The largest absolute Gasteiger partial charge is 0.404 e. The second-order valence-corrected chi connectivity index (χ2v) is 4.09. The molecular weight excluding hydrogens is 232 g/mol. The van der Waals surface area contributed by atoms with Crippen molar-refractivity contribution < 1.29 is 9.15 Å². The van der Waals surface area contributed by atoms with Crippen LogP contribution in [-0.2, 0) is 4.74 Å². The maximum absolute atomic E-state index is 5.40. The first-order valence-corrected chi connectivity index (χ1v) is 5.85. The van der Waals surface area contributed by atoms with Crippen molar-refractivity contribution in [3.05, 3.63) is 24.3 Å². The molecule has 1 aromatic heterocycles. The zero-order valence-electron chi connectivity index (χ0n) is 9.87. The summed E-state index contributed by atoms with van der Waals surface area (Å²) in [5, 5.41) is 7.49. The van der Waals surface area contributed by atoms with Crippen molar-refractivity contribution in [2.75, 3.05) is 36.9 Å². The molecule has 1 aliphatic rings. The zero-order valence-corrected chi connectivity index (χ0v) is 9.87. The Morgan fingerprint density at radius 1 is 1.06 bits per heavy atom. The van der Waals surface area contributed by atoms with Crippen LogP contribution in [0.15, 0.2) is 28.7 Å². The summed E-state index contributed by atoms with van der Waals surface area (Å²) < 4.78 is 10.5. The summed E-state index contributed by atoms with van der Waals surface area (Å²) in [4.78, 5) is 2.29. The smallest absolute Gasteiger partial charge is 0.313 e. The first-order chi connectivity index (χ1) is 8.83. The molecule has 0 aliphatic carbocycles. The van der Waals surface area contributed by atoms with E-state index in [0.29, 0.717) is 5.89 Å². The molecule has 0 spiro atoms. The van der Waals surface area contributed by atoms with Gasteiger partial charge in [-0.3, -0.25) is 0 Å². The van der Waals surface area contributed by atoms with E-state index in [2.05, 4.69) is 15.1 Å². The van der Waals surface area contributed by atoms with E-state index in [4.69, 9.17) is 14.9 Å². The molecule has 6 nitrogen and oxygen atoms in total. The highest BCUT2D eigenvalue weighted by Gasteiger charge is 2.12. The number of nitrogens with two attached hydrogens (primary N) is 1. The van der Waals surface area contributed by atoms with Gasteiger partial charge < -0.3 is 19.8 Å². The Morgan fingerprint density at radius 3 is 2.39 bits per heavy atom. The van der Waals surface area contributed by atoms with Crippen molar-refractivity contribution in [2.24, 2.45) is 0 Å². The highest BCUT2D eigenvalue weighted by atomic mass is 16.5. The Balaban J connectivity index is 1.80. The number of rotatable bonds is 2. The molecule has 1 aliphatic heterocycles. The van der Waals surface area contributed by atoms with Crippen molar-refractivity contribution in [1.29, 1.82) is 0 Å². The molecule has 94 valence electrons. The summed E-state index contributed by atoms with van der Waals surface area (Å²) in [5.74, 6) is 0.445. The van der Waals surface area contributed by atoms with Crippen LogP contribution < -0.4 is 10.6 Å². The second-order valence-electron chi connectivity index (χ2n) is 4.09. The molecule has 18 heavy (non-hydrogen) atoms. The summed E-state index contributed by atoms with van der Waals surface area (Å²) in [6.45, 7) is 3.41. The summed E-state index contributed by atoms with van der Waals surface area (Å²) in [5.41, 5.74) is 7.45. The number of nitrogens with zero attached hydrogens (tertiary/aromatic N) is 3. The lowest BCUT2D eigenvalue weighted by Crippen LogP contribution is -2.36. The Kier molecular flexibility index (Phi) is 2.85. The van der Waals surface area contributed by atoms with E-state index in [-0.39, 0.29) is 6.01 Å². The van der Waals surface area contributed by atoms with Gasteiger partial charge in [0.1, 0.15) is 0 Å². The van der Waals surface area contributed by atoms with Gasteiger partial charge in [-0.05, 0) is 24.3 Å². The second kappa shape index (κ2) is 4.66. The van der Waals surface area contributed by atoms with Crippen LogP contribution >= 0.6 is 0 Å². The number of aromatic nitrogens is 2. The predicted octanol–water partition coefficient (Wildman–Crippen LogP) is 1.16. The molecule has 3 rings (SSSR count). The predicted molar refractivity (Wildman–Crippen MR) is 67.2 cm³/mol. The third-order valence-electron chi connectivity index (χ3n) is 2.93. The van der Waals surface area contributed by atoms with Crippen LogP contribution in [0.2, 0.25) is 0 Å². The van der Waals surface area contributed by atoms with Crippen molar-refractivity contribution in [3.63, 3.8) is 0 Å². The molecule has 2 N–H and O–H groups in total. The third kappa shape index (κ3) is 2.14. The van der Waals surface area contributed by atoms with Gasteiger partial charge >= 0.3 is 6.01 Å². The number of morpholine rings is 1. The Hall–Kier alpha value is -2.08. The van der Waals surface area contributed by atoms with Gasteiger partial charge in [-0.1, -0.05) is 5.10 Å². The summed E-state index contributed by atoms with van der Waals surface area (Å²) in [7, 11) is 0. The van der Waals surface area contributed by atoms with Crippen LogP contribution in [0.5, 0.6) is 0 Å². The first-order valence-electron chi connectivity index (χ1n) is 5.85. The molecule has 2 aromatic rings. The van der Waals surface area contributed by atoms with Gasteiger partial charge in [0.25, 0.3) is 0 Å². The first kappa shape index (κ1) is 11.0. The number of anilines is 2. The van der Waals surface area contributed by atoms with Gasteiger partial charge in [-0.15, -0.1) is 5.10 Å². The normalized spacial score (nSPS) is 15.9. The maximum atomic E-state index is 5.40. The van der Waals surface area contributed by atoms with Gasteiger partial charge in [0.2, 0.25) is 5.89 Å². The average molecular weight is 246 g/mol. The van der Waals surface area contributed by atoms with Crippen molar-refractivity contribution in [2.45, 2.75) is 0 Å². The molecule has 0 saturated carbocycles. The van der Waals surface area contributed by atoms with Crippen LogP contribution in [0.4, 0.5) is 11.7 Å². The molecule has 6 heteroatoms. The fraction of sp³-hybridized carbons (Fsp3) is 0.333. The molecule has 1 fully saturated rings. The molecule has 0 radical (unpaired) electrons. The number of nitrogen functional groups attached to an aromatic ring is 1. The van der Waals surface area contributed by atoms with Crippen molar-refractivity contribution >= 4 is 11.7 Å². The SMILES string of the molecule is Nc1nnc(-c2ccc(N3CCOCC3)cc2)o1. The van der Waals surface area contributed by atoms with Gasteiger partial charge in [-0.25, -0.2) is 0 Å². The van der Waals surface area contributed by atoms with Crippen molar-refractivity contribution in [1.82, 2.24) is 10.2 Å². The highest BCUT2D eigenvalue weighted by molar-refractivity contribution is 5.59.